The summed E-state index contributed by atoms with van der Waals surface area (Å²) in [6.45, 7) is 0. The first kappa shape index (κ1) is 13.7. The van der Waals surface area contributed by atoms with E-state index in [-0.39, 0.29) is 22.2 Å². The minimum absolute atomic E-state index is 0.0173. The van der Waals surface area contributed by atoms with Gasteiger partial charge in [-0.25, -0.2) is 9.37 Å². The molecule has 0 radical (unpaired) electrons. The van der Waals surface area contributed by atoms with Gasteiger partial charge in [0.2, 0.25) is 0 Å². The van der Waals surface area contributed by atoms with Crippen LogP contribution in [0.25, 0.3) is 17.0 Å². The number of aromatic nitrogens is 4. The molecule has 0 saturated heterocycles. The number of rotatable bonds is 1. The third-order valence-electron chi connectivity index (χ3n) is 2.82. The zero-order valence-corrected chi connectivity index (χ0v) is 10.8. The highest BCUT2D eigenvalue weighted by Gasteiger charge is 2.31. The lowest BCUT2D eigenvalue weighted by Crippen LogP contribution is -2.06. The minimum atomic E-state index is -4.58. The van der Waals surface area contributed by atoms with Crippen LogP contribution in [0.2, 0.25) is 5.15 Å². The molecule has 2 heterocycles. The van der Waals surface area contributed by atoms with Crippen LogP contribution in [0.3, 0.4) is 0 Å². The summed E-state index contributed by atoms with van der Waals surface area (Å²) in [6, 6.07) is 2.08. The maximum atomic E-state index is 13.9. The molecule has 21 heavy (non-hydrogen) atoms. The fraction of sp³-hybridized carbons (Fsp3) is 0.0833. The molecule has 0 atom stereocenters. The molecule has 0 amide bonds. The molecule has 0 unspecified atom stereocenters. The number of benzene rings is 1. The van der Waals surface area contributed by atoms with Crippen molar-refractivity contribution in [3.63, 3.8) is 0 Å². The Balaban J connectivity index is 2.26. The summed E-state index contributed by atoms with van der Waals surface area (Å²) in [6.07, 6.45) is -1.88. The number of alkyl halides is 3. The van der Waals surface area contributed by atoms with Gasteiger partial charge < -0.3 is 0 Å². The second-order valence-electron chi connectivity index (χ2n) is 4.13. The molecular formula is C12H5ClF4N4. The molecule has 1 aromatic carbocycles. The molecule has 0 bridgehead atoms. The van der Waals surface area contributed by atoms with Gasteiger partial charge in [-0.3, -0.25) is 4.40 Å². The van der Waals surface area contributed by atoms with Crippen LogP contribution in [-0.2, 0) is 6.18 Å². The lowest BCUT2D eigenvalue weighted by atomic mass is 10.1. The van der Waals surface area contributed by atoms with Crippen LogP contribution in [-0.4, -0.2) is 19.6 Å². The van der Waals surface area contributed by atoms with Crippen molar-refractivity contribution in [2.45, 2.75) is 6.18 Å². The average Bonchev–Trinajstić information content (AvgIpc) is 2.83. The number of hydrogen-bond acceptors (Lipinski definition) is 3. The van der Waals surface area contributed by atoms with Crippen LogP contribution in [0.5, 0.6) is 0 Å². The Labute approximate surface area is 120 Å². The second kappa shape index (κ2) is 4.66. The first-order chi connectivity index (χ1) is 9.88. The van der Waals surface area contributed by atoms with Gasteiger partial charge in [-0.05, 0) is 18.2 Å². The molecule has 3 rings (SSSR count). The predicted molar refractivity (Wildman–Crippen MR) is 66.2 cm³/mol. The SMILES string of the molecule is Fc1ccc(C(F)(F)F)cc1-c1nnc2c(Cl)nccn12. The maximum Gasteiger partial charge on any atom is 0.416 e. The van der Waals surface area contributed by atoms with E-state index in [1.165, 1.54) is 16.8 Å². The van der Waals surface area contributed by atoms with E-state index in [9.17, 15) is 17.6 Å². The van der Waals surface area contributed by atoms with Crippen molar-refractivity contribution in [3.05, 3.63) is 47.1 Å². The highest BCUT2D eigenvalue weighted by Crippen LogP contribution is 2.33. The number of nitrogens with zero attached hydrogens (tertiary/aromatic N) is 4. The normalized spacial score (nSPS) is 12.0. The van der Waals surface area contributed by atoms with E-state index in [4.69, 9.17) is 11.6 Å². The number of fused-ring (bicyclic) bond motifs is 1. The van der Waals surface area contributed by atoms with Gasteiger partial charge in [0.15, 0.2) is 16.6 Å². The fourth-order valence-corrected chi connectivity index (χ4v) is 2.04. The zero-order valence-electron chi connectivity index (χ0n) is 10.1. The van der Waals surface area contributed by atoms with E-state index < -0.39 is 17.6 Å². The molecule has 0 aliphatic rings. The quantitative estimate of drug-likeness (QED) is 0.644. The summed E-state index contributed by atoms with van der Waals surface area (Å²) in [5.74, 6) is -0.928. The predicted octanol–water partition coefficient (Wildman–Crippen LogP) is 3.60. The lowest BCUT2D eigenvalue weighted by molar-refractivity contribution is -0.137. The molecule has 0 fully saturated rings. The van der Waals surface area contributed by atoms with Crippen LogP contribution in [0.4, 0.5) is 17.6 Å². The van der Waals surface area contributed by atoms with Gasteiger partial charge in [-0.1, -0.05) is 11.6 Å². The van der Waals surface area contributed by atoms with Crippen LogP contribution in [0, 0.1) is 5.82 Å². The number of halogens is 5. The molecule has 0 N–H and O–H groups in total. The van der Waals surface area contributed by atoms with Crippen molar-refractivity contribution in [2.24, 2.45) is 0 Å². The first-order valence-electron chi connectivity index (χ1n) is 5.60. The molecule has 0 aliphatic heterocycles. The standard InChI is InChI=1S/C12H5ClF4N4/c13-9-11-20-19-10(21(11)4-3-18-9)7-5-6(12(15,16)17)1-2-8(7)14/h1-5H. The Bertz CT molecular complexity index is 828. The van der Waals surface area contributed by atoms with E-state index in [0.717, 1.165) is 6.07 Å². The van der Waals surface area contributed by atoms with Crippen molar-refractivity contribution in [3.8, 4) is 11.4 Å². The molecule has 0 saturated carbocycles. The smallest absolute Gasteiger partial charge is 0.278 e. The second-order valence-corrected chi connectivity index (χ2v) is 4.49. The fourth-order valence-electron chi connectivity index (χ4n) is 1.85. The molecule has 4 nitrogen and oxygen atoms in total. The third kappa shape index (κ3) is 2.31. The average molecular weight is 317 g/mol. The van der Waals surface area contributed by atoms with Crippen LogP contribution < -0.4 is 0 Å². The molecule has 0 spiro atoms. The van der Waals surface area contributed by atoms with E-state index in [1.807, 2.05) is 0 Å². The Morgan fingerprint density at radius 3 is 2.62 bits per heavy atom. The zero-order chi connectivity index (χ0) is 15.2. The van der Waals surface area contributed by atoms with Crippen LogP contribution in [0.1, 0.15) is 5.56 Å². The highest BCUT2D eigenvalue weighted by molar-refractivity contribution is 6.32. The molecule has 9 heteroatoms. The van der Waals surface area contributed by atoms with E-state index in [1.54, 1.807) is 0 Å². The summed E-state index contributed by atoms with van der Waals surface area (Å²) in [7, 11) is 0. The first-order valence-corrected chi connectivity index (χ1v) is 5.98. The highest BCUT2D eigenvalue weighted by atomic mass is 35.5. The lowest BCUT2D eigenvalue weighted by Gasteiger charge is -2.09. The number of hydrogen-bond donors (Lipinski definition) is 0. The largest absolute Gasteiger partial charge is 0.416 e. The summed E-state index contributed by atoms with van der Waals surface area (Å²) in [4.78, 5) is 3.76. The monoisotopic (exact) mass is 316 g/mol. The van der Waals surface area contributed by atoms with Crippen LogP contribution >= 0.6 is 11.6 Å². The van der Waals surface area contributed by atoms with Gasteiger partial charge in [0.1, 0.15) is 5.82 Å². The van der Waals surface area contributed by atoms with E-state index >= 15 is 0 Å². The van der Waals surface area contributed by atoms with Gasteiger partial charge in [-0.15, -0.1) is 10.2 Å². The Morgan fingerprint density at radius 1 is 1.14 bits per heavy atom. The van der Waals surface area contributed by atoms with Gasteiger partial charge in [0.25, 0.3) is 0 Å². The van der Waals surface area contributed by atoms with Gasteiger partial charge >= 0.3 is 6.18 Å². The van der Waals surface area contributed by atoms with Crippen LogP contribution in [0.15, 0.2) is 30.6 Å². The molecular weight excluding hydrogens is 312 g/mol. The van der Waals surface area contributed by atoms with Crippen molar-refractivity contribution in [2.75, 3.05) is 0 Å². The van der Waals surface area contributed by atoms with E-state index in [0.29, 0.717) is 12.1 Å². The van der Waals surface area contributed by atoms with Crippen molar-refractivity contribution in [1.29, 1.82) is 0 Å². The summed E-state index contributed by atoms with van der Waals surface area (Å²) >= 11 is 5.79. The molecule has 2 aromatic heterocycles. The molecule has 108 valence electrons. The van der Waals surface area contributed by atoms with Crippen molar-refractivity contribution < 1.29 is 17.6 Å². The van der Waals surface area contributed by atoms with Gasteiger partial charge in [0, 0.05) is 12.4 Å². The maximum absolute atomic E-state index is 13.9. The van der Waals surface area contributed by atoms with Crippen molar-refractivity contribution in [1.82, 2.24) is 19.6 Å². The Morgan fingerprint density at radius 2 is 1.90 bits per heavy atom. The Hall–Kier alpha value is -2.22. The minimum Gasteiger partial charge on any atom is -0.278 e. The Kier molecular flexibility index (Phi) is 3.05. The summed E-state index contributed by atoms with van der Waals surface area (Å²) in [5.41, 5.74) is -1.17. The van der Waals surface area contributed by atoms with E-state index in [2.05, 4.69) is 15.2 Å². The molecule has 3 aromatic rings. The third-order valence-corrected chi connectivity index (χ3v) is 3.09. The van der Waals surface area contributed by atoms with Gasteiger partial charge in [0.05, 0.1) is 11.1 Å². The topological polar surface area (TPSA) is 43.1 Å². The van der Waals surface area contributed by atoms with Crippen molar-refractivity contribution >= 4 is 17.2 Å². The molecule has 0 aliphatic carbocycles. The summed E-state index contributed by atoms with van der Waals surface area (Å²) in [5, 5.41) is 7.41. The van der Waals surface area contributed by atoms with Gasteiger partial charge in [-0.2, -0.15) is 13.2 Å². The summed E-state index contributed by atoms with van der Waals surface area (Å²) < 4.78 is 53.3.